The monoisotopic (exact) mass is 226 g/mol. The molecule has 0 amide bonds. The van der Waals surface area contributed by atoms with Gasteiger partial charge in [-0.3, -0.25) is 0 Å². The van der Waals surface area contributed by atoms with Crippen molar-refractivity contribution in [2.75, 3.05) is 0 Å². The van der Waals surface area contributed by atoms with E-state index in [0.29, 0.717) is 5.75 Å². The number of hydrogen-bond acceptors (Lipinski definition) is 1. The lowest BCUT2D eigenvalue weighted by Gasteiger charge is -2.11. The minimum Gasteiger partial charge on any atom is -0.507 e. The molecule has 88 valence electrons. The van der Waals surface area contributed by atoms with Crippen molar-refractivity contribution >= 4 is 0 Å². The van der Waals surface area contributed by atoms with Gasteiger partial charge in [-0.25, -0.2) is 0 Å². The van der Waals surface area contributed by atoms with Crippen LogP contribution in [0.1, 0.15) is 22.3 Å². The van der Waals surface area contributed by atoms with E-state index in [0.717, 1.165) is 16.7 Å². The second kappa shape index (κ2) is 4.25. The van der Waals surface area contributed by atoms with Crippen LogP contribution >= 0.6 is 0 Å². The number of aryl methyl sites for hydroxylation is 4. The van der Waals surface area contributed by atoms with Crippen LogP contribution in [-0.2, 0) is 0 Å². The molecule has 0 saturated heterocycles. The SMILES string of the molecule is Cc1cc(C)cc(-c2cc(C)cc(C)c2O)c1. The minimum absolute atomic E-state index is 0.389. The molecule has 0 aromatic heterocycles. The number of phenolic OH excluding ortho intramolecular Hbond substituents is 1. The molecule has 2 aromatic carbocycles. The molecule has 0 fully saturated rings. The Labute approximate surface area is 103 Å². The van der Waals surface area contributed by atoms with E-state index in [-0.39, 0.29) is 0 Å². The van der Waals surface area contributed by atoms with Gasteiger partial charge in [0.2, 0.25) is 0 Å². The van der Waals surface area contributed by atoms with Gasteiger partial charge in [0.05, 0.1) is 0 Å². The number of aromatic hydroxyl groups is 1. The molecule has 0 unspecified atom stereocenters. The maximum Gasteiger partial charge on any atom is 0.126 e. The maximum atomic E-state index is 10.2. The van der Waals surface area contributed by atoms with Gasteiger partial charge in [0.1, 0.15) is 5.75 Å². The van der Waals surface area contributed by atoms with E-state index in [9.17, 15) is 5.11 Å². The average Bonchev–Trinajstić information content (AvgIpc) is 2.22. The molecular formula is C16H18O. The summed E-state index contributed by atoms with van der Waals surface area (Å²) in [6.45, 7) is 8.15. The van der Waals surface area contributed by atoms with E-state index >= 15 is 0 Å². The van der Waals surface area contributed by atoms with Crippen molar-refractivity contribution in [1.82, 2.24) is 0 Å². The molecule has 0 spiro atoms. The van der Waals surface area contributed by atoms with E-state index < -0.39 is 0 Å². The van der Waals surface area contributed by atoms with Crippen LogP contribution < -0.4 is 0 Å². The summed E-state index contributed by atoms with van der Waals surface area (Å²) >= 11 is 0. The molecule has 1 heteroatoms. The fourth-order valence-corrected chi connectivity index (χ4v) is 2.31. The molecule has 17 heavy (non-hydrogen) atoms. The molecule has 0 aliphatic heterocycles. The Bertz CT molecular complexity index is 548. The zero-order valence-corrected chi connectivity index (χ0v) is 10.8. The maximum absolute atomic E-state index is 10.2. The molecule has 1 N–H and O–H groups in total. The van der Waals surface area contributed by atoms with Gasteiger partial charge >= 0.3 is 0 Å². The minimum atomic E-state index is 0.389. The number of benzene rings is 2. The summed E-state index contributed by atoms with van der Waals surface area (Å²) in [6.07, 6.45) is 0. The molecule has 0 atom stereocenters. The van der Waals surface area contributed by atoms with Crippen LogP contribution in [0.3, 0.4) is 0 Å². The van der Waals surface area contributed by atoms with Crippen LogP contribution in [0, 0.1) is 27.7 Å². The van der Waals surface area contributed by atoms with Gasteiger partial charge in [-0.2, -0.15) is 0 Å². The van der Waals surface area contributed by atoms with Crippen molar-refractivity contribution in [2.24, 2.45) is 0 Å². The van der Waals surface area contributed by atoms with Crippen LogP contribution in [-0.4, -0.2) is 5.11 Å². The smallest absolute Gasteiger partial charge is 0.126 e. The quantitative estimate of drug-likeness (QED) is 0.769. The van der Waals surface area contributed by atoms with E-state index in [1.165, 1.54) is 16.7 Å². The lowest BCUT2D eigenvalue weighted by atomic mass is 9.96. The predicted octanol–water partition coefficient (Wildman–Crippen LogP) is 4.29. The van der Waals surface area contributed by atoms with Gasteiger partial charge < -0.3 is 5.11 Å². The molecular weight excluding hydrogens is 208 g/mol. The van der Waals surface area contributed by atoms with Gasteiger partial charge in [-0.15, -0.1) is 0 Å². The fourth-order valence-electron chi connectivity index (χ4n) is 2.31. The number of phenols is 1. The Hall–Kier alpha value is -1.76. The third-order valence-electron chi connectivity index (χ3n) is 2.98. The van der Waals surface area contributed by atoms with Crippen molar-refractivity contribution in [3.8, 4) is 16.9 Å². The van der Waals surface area contributed by atoms with Crippen LogP contribution in [0.25, 0.3) is 11.1 Å². The first-order valence-corrected chi connectivity index (χ1v) is 5.86. The number of hydrogen-bond donors (Lipinski definition) is 1. The van der Waals surface area contributed by atoms with Crippen LogP contribution in [0.4, 0.5) is 0 Å². The highest BCUT2D eigenvalue weighted by Crippen LogP contribution is 2.33. The van der Waals surface area contributed by atoms with Crippen molar-refractivity contribution in [2.45, 2.75) is 27.7 Å². The second-order valence-corrected chi connectivity index (χ2v) is 4.85. The zero-order chi connectivity index (χ0) is 12.6. The van der Waals surface area contributed by atoms with Gasteiger partial charge in [-0.05, 0) is 50.5 Å². The Morgan fingerprint density at radius 1 is 0.706 bits per heavy atom. The summed E-state index contributed by atoms with van der Waals surface area (Å²) in [4.78, 5) is 0. The van der Waals surface area contributed by atoms with Crippen LogP contribution in [0.5, 0.6) is 5.75 Å². The lowest BCUT2D eigenvalue weighted by molar-refractivity contribution is 0.473. The zero-order valence-electron chi connectivity index (χ0n) is 10.8. The second-order valence-electron chi connectivity index (χ2n) is 4.85. The first-order valence-electron chi connectivity index (χ1n) is 5.86. The highest BCUT2D eigenvalue weighted by atomic mass is 16.3. The van der Waals surface area contributed by atoms with Crippen molar-refractivity contribution in [1.29, 1.82) is 0 Å². The topological polar surface area (TPSA) is 20.2 Å². The highest BCUT2D eigenvalue weighted by molar-refractivity contribution is 5.73. The summed E-state index contributed by atoms with van der Waals surface area (Å²) in [5.74, 6) is 0.389. The molecule has 0 aliphatic carbocycles. The van der Waals surface area contributed by atoms with E-state index in [2.05, 4.69) is 39.0 Å². The Morgan fingerprint density at radius 3 is 1.82 bits per heavy atom. The van der Waals surface area contributed by atoms with Crippen molar-refractivity contribution in [3.05, 3.63) is 52.6 Å². The van der Waals surface area contributed by atoms with E-state index in [1.54, 1.807) is 0 Å². The Morgan fingerprint density at radius 2 is 1.24 bits per heavy atom. The van der Waals surface area contributed by atoms with Crippen LogP contribution in [0.15, 0.2) is 30.3 Å². The fraction of sp³-hybridized carbons (Fsp3) is 0.250. The largest absolute Gasteiger partial charge is 0.507 e. The molecule has 0 saturated carbocycles. The molecule has 0 aliphatic rings. The summed E-state index contributed by atoms with van der Waals surface area (Å²) in [6, 6.07) is 10.4. The lowest BCUT2D eigenvalue weighted by Crippen LogP contribution is -1.87. The van der Waals surface area contributed by atoms with E-state index in [4.69, 9.17) is 0 Å². The Balaban J connectivity index is 2.67. The highest BCUT2D eigenvalue weighted by Gasteiger charge is 2.08. The predicted molar refractivity (Wildman–Crippen MR) is 72.5 cm³/mol. The third kappa shape index (κ3) is 2.33. The Kier molecular flexibility index (Phi) is 2.93. The van der Waals surface area contributed by atoms with Crippen molar-refractivity contribution < 1.29 is 5.11 Å². The van der Waals surface area contributed by atoms with Gasteiger partial charge in [0.25, 0.3) is 0 Å². The summed E-state index contributed by atoms with van der Waals surface area (Å²) in [5, 5.41) is 10.2. The van der Waals surface area contributed by atoms with Gasteiger partial charge in [0, 0.05) is 5.56 Å². The molecule has 0 heterocycles. The molecule has 2 rings (SSSR count). The standard InChI is InChI=1S/C16H18O/c1-10-5-11(2)8-14(7-10)15-9-12(3)6-13(4)16(15)17/h5-9,17H,1-4H3. The van der Waals surface area contributed by atoms with Crippen molar-refractivity contribution in [3.63, 3.8) is 0 Å². The normalized spacial score (nSPS) is 10.6. The molecule has 0 bridgehead atoms. The van der Waals surface area contributed by atoms with E-state index in [1.807, 2.05) is 19.1 Å². The third-order valence-corrected chi connectivity index (χ3v) is 2.98. The molecule has 0 radical (unpaired) electrons. The molecule has 2 aromatic rings. The first kappa shape index (κ1) is 11.7. The first-order chi connectivity index (χ1) is 7.97. The average molecular weight is 226 g/mol. The summed E-state index contributed by atoms with van der Waals surface area (Å²) in [5.41, 5.74) is 6.56. The van der Waals surface area contributed by atoms with Gasteiger partial charge in [0.15, 0.2) is 0 Å². The summed E-state index contributed by atoms with van der Waals surface area (Å²) in [7, 11) is 0. The van der Waals surface area contributed by atoms with Crippen LogP contribution in [0.2, 0.25) is 0 Å². The summed E-state index contributed by atoms with van der Waals surface area (Å²) < 4.78 is 0. The molecule has 1 nitrogen and oxygen atoms in total. The van der Waals surface area contributed by atoms with Gasteiger partial charge in [-0.1, -0.05) is 35.4 Å². The number of rotatable bonds is 1.